The maximum atomic E-state index is 13.0. The Morgan fingerprint density at radius 2 is 2.00 bits per heavy atom. The van der Waals surface area contributed by atoms with Crippen molar-refractivity contribution in [1.82, 2.24) is 10.3 Å². The molecule has 1 aromatic heterocycles. The number of phenolic OH excluding ortho intramolecular Hbond substituents is 1. The summed E-state index contributed by atoms with van der Waals surface area (Å²) >= 11 is 1.57. The van der Waals surface area contributed by atoms with Gasteiger partial charge >= 0.3 is 0 Å². The lowest BCUT2D eigenvalue weighted by atomic mass is 10.2. The predicted molar refractivity (Wildman–Crippen MR) is 65.5 cm³/mol. The molecule has 0 saturated carbocycles. The van der Waals surface area contributed by atoms with Gasteiger partial charge in [0.15, 0.2) is 17.4 Å². The molecule has 0 aliphatic carbocycles. The van der Waals surface area contributed by atoms with Crippen LogP contribution in [0.1, 0.15) is 10.6 Å². The van der Waals surface area contributed by atoms with Crippen LogP contribution in [0.25, 0.3) is 0 Å². The molecule has 0 aliphatic heterocycles. The standard InChI is InChI=1S/C12H12F2N2OS/c13-9-5-8(6-10(14)12(9)17)7-15-2-1-11-16-3-4-18-11/h3-6,15,17H,1-2,7H2. The molecular formula is C12H12F2N2OS. The third-order valence-electron chi connectivity index (χ3n) is 2.40. The lowest BCUT2D eigenvalue weighted by Gasteiger charge is -2.05. The van der Waals surface area contributed by atoms with Crippen LogP contribution in [0.4, 0.5) is 8.78 Å². The Balaban J connectivity index is 1.83. The van der Waals surface area contributed by atoms with Gasteiger partial charge in [0.05, 0.1) is 5.01 Å². The molecule has 0 amide bonds. The minimum Gasteiger partial charge on any atom is -0.503 e. The Morgan fingerprint density at radius 3 is 2.61 bits per heavy atom. The van der Waals surface area contributed by atoms with E-state index in [1.165, 1.54) is 0 Å². The zero-order chi connectivity index (χ0) is 13.0. The number of halogens is 2. The first kappa shape index (κ1) is 12.9. The maximum absolute atomic E-state index is 13.0. The van der Waals surface area contributed by atoms with E-state index in [0.29, 0.717) is 18.7 Å². The number of benzene rings is 1. The summed E-state index contributed by atoms with van der Waals surface area (Å²) in [5, 5.41) is 14.9. The Labute approximate surface area is 107 Å². The average molecular weight is 270 g/mol. The molecule has 2 aromatic rings. The fourth-order valence-electron chi connectivity index (χ4n) is 1.52. The predicted octanol–water partition coefficient (Wildman–Crippen LogP) is 2.46. The van der Waals surface area contributed by atoms with E-state index < -0.39 is 17.4 Å². The van der Waals surface area contributed by atoms with Crippen molar-refractivity contribution in [1.29, 1.82) is 0 Å². The number of nitrogens with one attached hydrogen (secondary N) is 1. The number of nitrogens with zero attached hydrogens (tertiary/aromatic N) is 1. The van der Waals surface area contributed by atoms with Crippen LogP contribution in [0, 0.1) is 11.6 Å². The molecule has 2 N–H and O–H groups in total. The first-order chi connectivity index (χ1) is 8.66. The summed E-state index contributed by atoms with van der Waals surface area (Å²) in [7, 11) is 0. The normalized spacial score (nSPS) is 10.8. The van der Waals surface area contributed by atoms with Gasteiger partial charge in [0.2, 0.25) is 0 Å². The van der Waals surface area contributed by atoms with Crippen LogP contribution in [0.15, 0.2) is 23.7 Å². The summed E-state index contributed by atoms with van der Waals surface area (Å²) in [6.45, 7) is 1.02. The van der Waals surface area contributed by atoms with E-state index in [4.69, 9.17) is 5.11 Å². The van der Waals surface area contributed by atoms with Crippen LogP contribution in [0.5, 0.6) is 5.75 Å². The molecule has 0 bridgehead atoms. The molecular weight excluding hydrogens is 258 g/mol. The van der Waals surface area contributed by atoms with Gasteiger partial charge in [-0.05, 0) is 17.7 Å². The second-order valence-electron chi connectivity index (χ2n) is 3.76. The zero-order valence-corrected chi connectivity index (χ0v) is 10.3. The van der Waals surface area contributed by atoms with Crippen LogP contribution < -0.4 is 5.32 Å². The van der Waals surface area contributed by atoms with Crippen molar-refractivity contribution >= 4 is 11.3 Å². The minimum atomic E-state index is -0.938. The van der Waals surface area contributed by atoms with Crippen LogP contribution in [0.3, 0.4) is 0 Å². The van der Waals surface area contributed by atoms with Gasteiger partial charge in [0.1, 0.15) is 0 Å². The van der Waals surface area contributed by atoms with E-state index in [1.807, 2.05) is 5.38 Å². The first-order valence-electron chi connectivity index (χ1n) is 5.43. The van der Waals surface area contributed by atoms with Gasteiger partial charge in [0.25, 0.3) is 0 Å². The molecule has 0 aliphatic rings. The number of thiazole rings is 1. The smallest absolute Gasteiger partial charge is 0.187 e. The number of aromatic hydroxyl groups is 1. The molecule has 0 spiro atoms. The lowest BCUT2D eigenvalue weighted by Crippen LogP contribution is -2.16. The van der Waals surface area contributed by atoms with Crippen molar-refractivity contribution < 1.29 is 13.9 Å². The Morgan fingerprint density at radius 1 is 1.28 bits per heavy atom. The topological polar surface area (TPSA) is 45.1 Å². The van der Waals surface area contributed by atoms with Gasteiger partial charge in [0, 0.05) is 31.1 Å². The summed E-state index contributed by atoms with van der Waals surface area (Å²) in [5.74, 6) is -2.81. The Bertz CT molecular complexity index is 494. The van der Waals surface area contributed by atoms with Crippen molar-refractivity contribution in [2.24, 2.45) is 0 Å². The SMILES string of the molecule is Oc1c(F)cc(CNCCc2nccs2)cc1F. The number of aromatic nitrogens is 1. The third kappa shape index (κ3) is 3.24. The number of phenols is 1. The summed E-state index contributed by atoms with van der Waals surface area (Å²) in [5.41, 5.74) is 0.460. The molecule has 0 saturated heterocycles. The molecule has 0 atom stereocenters. The molecule has 0 unspecified atom stereocenters. The highest BCUT2D eigenvalue weighted by Gasteiger charge is 2.09. The molecule has 18 heavy (non-hydrogen) atoms. The van der Waals surface area contributed by atoms with Crippen molar-refractivity contribution in [3.63, 3.8) is 0 Å². The lowest BCUT2D eigenvalue weighted by molar-refractivity contribution is 0.395. The molecule has 1 aromatic carbocycles. The van der Waals surface area contributed by atoms with Gasteiger partial charge < -0.3 is 10.4 Å². The van der Waals surface area contributed by atoms with Gasteiger partial charge in [-0.25, -0.2) is 13.8 Å². The molecule has 6 heteroatoms. The van der Waals surface area contributed by atoms with Crippen LogP contribution in [-0.2, 0) is 13.0 Å². The van der Waals surface area contributed by atoms with Crippen LogP contribution >= 0.6 is 11.3 Å². The molecule has 1 heterocycles. The summed E-state index contributed by atoms with van der Waals surface area (Å²) in [6.07, 6.45) is 2.52. The van der Waals surface area contributed by atoms with Gasteiger partial charge in [-0.3, -0.25) is 0 Å². The molecule has 0 fully saturated rings. The van der Waals surface area contributed by atoms with E-state index in [0.717, 1.165) is 23.6 Å². The molecule has 0 radical (unpaired) electrons. The highest BCUT2D eigenvalue weighted by atomic mass is 32.1. The van der Waals surface area contributed by atoms with Crippen molar-refractivity contribution in [3.8, 4) is 5.75 Å². The molecule has 3 nitrogen and oxygen atoms in total. The number of rotatable bonds is 5. The van der Waals surface area contributed by atoms with Crippen molar-refractivity contribution in [2.45, 2.75) is 13.0 Å². The highest BCUT2D eigenvalue weighted by molar-refractivity contribution is 7.09. The average Bonchev–Trinajstić information content (AvgIpc) is 2.84. The Kier molecular flexibility index (Phi) is 4.22. The van der Waals surface area contributed by atoms with E-state index >= 15 is 0 Å². The van der Waals surface area contributed by atoms with Crippen LogP contribution in [-0.4, -0.2) is 16.6 Å². The fourth-order valence-corrected chi connectivity index (χ4v) is 2.14. The second-order valence-corrected chi connectivity index (χ2v) is 4.74. The minimum absolute atomic E-state index is 0.347. The summed E-state index contributed by atoms with van der Waals surface area (Å²) in [4.78, 5) is 4.13. The van der Waals surface area contributed by atoms with Gasteiger partial charge in [-0.15, -0.1) is 11.3 Å². The van der Waals surface area contributed by atoms with E-state index in [-0.39, 0.29) is 0 Å². The first-order valence-corrected chi connectivity index (χ1v) is 6.31. The van der Waals surface area contributed by atoms with Gasteiger partial charge in [-0.2, -0.15) is 0 Å². The second kappa shape index (κ2) is 5.88. The third-order valence-corrected chi connectivity index (χ3v) is 3.24. The molecule has 2 rings (SSSR count). The fraction of sp³-hybridized carbons (Fsp3) is 0.250. The van der Waals surface area contributed by atoms with Gasteiger partial charge in [-0.1, -0.05) is 0 Å². The largest absolute Gasteiger partial charge is 0.503 e. The summed E-state index contributed by atoms with van der Waals surface area (Å²) in [6, 6.07) is 2.24. The quantitative estimate of drug-likeness (QED) is 0.820. The Hall–Kier alpha value is -1.53. The van der Waals surface area contributed by atoms with Crippen molar-refractivity contribution in [3.05, 3.63) is 45.9 Å². The maximum Gasteiger partial charge on any atom is 0.187 e. The molecule has 96 valence electrons. The monoisotopic (exact) mass is 270 g/mol. The van der Waals surface area contributed by atoms with E-state index in [1.54, 1.807) is 17.5 Å². The number of hydrogen-bond acceptors (Lipinski definition) is 4. The van der Waals surface area contributed by atoms with E-state index in [9.17, 15) is 8.78 Å². The van der Waals surface area contributed by atoms with E-state index in [2.05, 4.69) is 10.3 Å². The van der Waals surface area contributed by atoms with Crippen molar-refractivity contribution in [2.75, 3.05) is 6.54 Å². The summed E-state index contributed by atoms with van der Waals surface area (Å²) < 4.78 is 26.1. The highest BCUT2D eigenvalue weighted by Crippen LogP contribution is 2.21. The van der Waals surface area contributed by atoms with Crippen LogP contribution in [0.2, 0.25) is 0 Å². The number of hydrogen-bond donors (Lipinski definition) is 2. The zero-order valence-electron chi connectivity index (χ0n) is 9.49.